The second-order valence-corrected chi connectivity index (χ2v) is 5.69. The highest BCUT2D eigenvalue weighted by Crippen LogP contribution is 2.29. The van der Waals surface area contributed by atoms with E-state index in [1.807, 2.05) is 0 Å². The zero-order valence-corrected chi connectivity index (χ0v) is 11.7. The van der Waals surface area contributed by atoms with Gasteiger partial charge in [-0.2, -0.15) is 4.98 Å². The topological polar surface area (TPSA) is 32.3 Å². The molecule has 1 aromatic heterocycles. The van der Waals surface area contributed by atoms with Crippen LogP contribution in [0.25, 0.3) is 0 Å². The summed E-state index contributed by atoms with van der Waals surface area (Å²) in [7, 11) is 0. The third kappa shape index (κ3) is 2.42. The number of halogens is 2. The lowest BCUT2D eigenvalue weighted by Gasteiger charge is -2.24. The predicted octanol–water partition coefficient (Wildman–Crippen LogP) is 2.46. The van der Waals surface area contributed by atoms with Crippen molar-refractivity contribution in [2.45, 2.75) is 25.3 Å². The molecule has 0 N–H and O–H groups in total. The van der Waals surface area contributed by atoms with Crippen LogP contribution in [0.2, 0.25) is 10.3 Å². The van der Waals surface area contributed by atoms with Gasteiger partial charge in [-0.05, 0) is 44.0 Å². The summed E-state index contributed by atoms with van der Waals surface area (Å²) in [5.41, 5.74) is 0. The maximum absolute atomic E-state index is 6.14. The summed E-state index contributed by atoms with van der Waals surface area (Å²) in [6.45, 7) is 4.45. The molecule has 6 heteroatoms. The van der Waals surface area contributed by atoms with Crippen LogP contribution in [0, 0.1) is 0 Å². The van der Waals surface area contributed by atoms with Crippen molar-refractivity contribution in [3.63, 3.8) is 0 Å². The highest BCUT2D eigenvalue weighted by molar-refractivity contribution is 6.33. The number of likely N-dealkylation sites (tertiary alicyclic amines) is 1. The quantitative estimate of drug-likeness (QED) is 0.782. The molecule has 18 heavy (non-hydrogen) atoms. The maximum atomic E-state index is 6.14. The van der Waals surface area contributed by atoms with Gasteiger partial charge in [0.2, 0.25) is 5.28 Å². The summed E-state index contributed by atoms with van der Waals surface area (Å²) in [5.74, 6) is 0.776. The van der Waals surface area contributed by atoms with Gasteiger partial charge in [0, 0.05) is 19.1 Å². The molecule has 98 valence electrons. The van der Waals surface area contributed by atoms with Crippen molar-refractivity contribution in [3.05, 3.63) is 16.5 Å². The van der Waals surface area contributed by atoms with Crippen molar-refractivity contribution in [2.24, 2.45) is 0 Å². The SMILES string of the molecule is Clc1ncc(Cl)c(N2CCC(N3CCCC3)C2)n1. The number of hydrogen-bond donors (Lipinski definition) is 0. The zero-order chi connectivity index (χ0) is 12.5. The minimum atomic E-state index is 0.263. The average molecular weight is 287 g/mol. The third-order valence-corrected chi connectivity index (χ3v) is 4.26. The van der Waals surface area contributed by atoms with E-state index in [2.05, 4.69) is 19.8 Å². The first kappa shape index (κ1) is 12.5. The Balaban J connectivity index is 1.72. The Bertz CT molecular complexity index is 434. The largest absolute Gasteiger partial charge is 0.354 e. The minimum absolute atomic E-state index is 0.263. The van der Waals surface area contributed by atoms with Crippen LogP contribution >= 0.6 is 23.2 Å². The minimum Gasteiger partial charge on any atom is -0.354 e. The summed E-state index contributed by atoms with van der Waals surface area (Å²) in [5, 5.41) is 0.848. The van der Waals surface area contributed by atoms with E-state index in [1.165, 1.54) is 32.4 Å². The van der Waals surface area contributed by atoms with Gasteiger partial charge in [-0.15, -0.1) is 0 Å². The van der Waals surface area contributed by atoms with Crippen molar-refractivity contribution in [3.8, 4) is 0 Å². The van der Waals surface area contributed by atoms with Crippen molar-refractivity contribution in [1.82, 2.24) is 14.9 Å². The van der Waals surface area contributed by atoms with Crippen LogP contribution in [0.1, 0.15) is 19.3 Å². The molecule has 0 amide bonds. The van der Waals surface area contributed by atoms with Crippen LogP contribution in [-0.2, 0) is 0 Å². The van der Waals surface area contributed by atoms with Crippen molar-refractivity contribution < 1.29 is 0 Å². The number of hydrogen-bond acceptors (Lipinski definition) is 4. The molecule has 2 fully saturated rings. The Morgan fingerprint density at radius 3 is 2.72 bits per heavy atom. The first-order valence-electron chi connectivity index (χ1n) is 6.41. The fourth-order valence-electron chi connectivity index (χ4n) is 2.90. The monoisotopic (exact) mass is 286 g/mol. The van der Waals surface area contributed by atoms with Crippen LogP contribution in [-0.4, -0.2) is 47.1 Å². The van der Waals surface area contributed by atoms with E-state index in [9.17, 15) is 0 Å². The highest BCUT2D eigenvalue weighted by atomic mass is 35.5. The Morgan fingerprint density at radius 1 is 1.17 bits per heavy atom. The molecule has 1 aromatic rings. The van der Waals surface area contributed by atoms with E-state index >= 15 is 0 Å². The van der Waals surface area contributed by atoms with Crippen molar-refractivity contribution in [2.75, 3.05) is 31.1 Å². The fourth-order valence-corrected chi connectivity index (χ4v) is 3.24. The van der Waals surface area contributed by atoms with Gasteiger partial charge in [0.1, 0.15) is 5.02 Å². The molecule has 1 unspecified atom stereocenters. The van der Waals surface area contributed by atoms with Gasteiger partial charge in [0.25, 0.3) is 0 Å². The molecule has 3 heterocycles. The van der Waals surface area contributed by atoms with Gasteiger partial charge in [-0.1, -0.05) is 11.6 Å². The van der Waals surface area contributed by atoms with Crippen LogP contribution in [0.15, 0.2) is 6.20 Å². The molecular weight excluding hydrogens is 271 g/mol. The van der Waals surface area contributed by atoms with E-state index in [-0.39, 0.29) is 5.28 Å². The van der Waals surface area contributed by atoms with Gasteiger partial charge in [-0.3, -0.25) is 4.90 Å². The Hall–Kier alpha value is -0.580. The van der Waals surface area contributed by atoms with Crippen LogP contribution in [0.4, 0.5) is 5.82 Å². The lowest BCUT2D eigenvalue weighted by atomic mass is 10.2. The average Bonchev–Trinajstić information content (AvgIpc) is 3.00. The summed E-state index contributed by atoms with van der Waals surface area (Å²) in [6, 6.07) is 0.636. The van der Waals surface area contributed by atoms with Gasteiger partial charge in [0.05, 0.1) is 6.20 Å². The molecule has 0 bridgehead atoms. The van der Waals surface area contributed by atoms with E-state index in [0.29, 0.717) is 11.1 Å². The summed E-state index contributed by atoms with van der Waals surface area (Å²) >= 11 is 12.0. The van der Waals surface area contributed by atoms with Crippen LogP contribution in [0.5, 0.6) is 0 Å². The van der Waals surface area contributed by atoms with Gasteiger partial charge < -0.3 is 4.90 Å². The van der Waals surface area contributed by atoms with Gasteiger partial charge in [0.15, 0.2) is 5.82 Å². The second-order valence-electron chi connectivity index (χ2n) is 4.94. The summed E-state index contributed by atoms with van der Waals surface area (Å²) in [4.78, 5) is 12.9. The molecule has 2 aliphatic heterocycles. The van der Waals surface area contributed by atoms with Crippen LogP contribution in [0.3, 0.4) is 0 Å². The Kier molecular flexibility index (Phi) is 3.59. The summed E-state index contributed by atoms with van der Waals surface area (Å²) < 4.78 is 0. The first-order chi connectivity index (χ1) is 8.74. The van der Waals surface area contributed by atoms with Gasteiger partial charge in [-0.25, -0.2) is 4.98 Å². The molecule has 2 saturated heterocycles. The van der Waals surface area contributed by atoms with Crippen molar-refractivity contribution in [1.29, 1.82) is 0 Å². The molecule has 4 nitrogen and oxygen atoms in total. The smallest absolute Gasteiger partial charge is 0.224 e. The predicted molar refractivity (Wildman–Crippen MR) is 73.5 cm³/mol. The highest BCUT2D eigenvalue weighted by Gasteiger charge is 2.30. The van der Waals surface area contributed by atoms with E-state index in [4.69, 9.17) is 23.2 Å². The number of nitrogens with zero attached hydrogens (tertiary/aromatic N) is 4. The molecule has 2 aliphatic rings. The van der Waals surface area contributed by atoms with Crippen LogP contribution < -0.4 is 4.90 Å². The third-order valence-electron chi connectivity index (χ3n) is 3.82. The lowest BCUT2D eigenvalue weighted by Crippen LogP contribution is -2.35. The lowest BCUT2D eigenvalue weighted by molar-refractivity contribution is 0.260. The van der Waals surface area contributed by atoms with E-state index < -0.39 is 0 Å². The molecule has 0 spiro atoms. The zero-order valence-electron chi connectivity index (χ0n) is 10.1. The Labute approximate surface area is 117 Å². The molecule has 0 aromatic carbocycles. The number of anilines is 1. The standard InChI is InChI=1S/C12H16Cl2N4/c13-10-7-15-12(14)16-11(10)18-6-3-9(8-18)17-4-1-2-5-17/h7,9H,1-6,8H2. The molecular formula is C12H16Cl2N4. The molecule has 0 radical (unpaired) electrons. The molecule has 0 aliphatic carbocycles. The maximum Gasteiger partial charge on any atom is 0.224 e. The number of rotatable bonds is 2. The fraction of sp³-hybridized carbons (Fsp3) is 0.667. The number of aromatic nitrogens is 2. The second kappa shape index (κ2) is 5.19. The molecule has 1 atom stereocenters. The van der Waals surface area contributed by atoms with E-state index in [0.717, 1.165) is 18.9 Å². The summed E-state index contributed by atoms with van der Waals surface area (Å²) in [6.07, 6.45) is 5.42. The van der Waals surface area contributed by atoms with E-state index in [1.54, 1.807) is 6.20 Å². The normalized spacial score (nSPS) is 25.0. The van der Waals surface area contributed by atoms with Gasteiger partial charge >= 0.3 is 0 Å². The molecule has 0 saturated carbocycles. The molecule has 3 rings (SSSR count). The van der Waals surface area contributed by atoms with Crippen molar-refractivity contribution >= 4 is 29.0 Å². The Morgan fingerprint density at radius 2 is 1.94 bits per heavy atom. The first-order valence-corrected chi connectivity index (χ1v) is 7.16.